The van der Waals surface area contributed by atoms with Crippen molar-refractivity contribution in [3.63, 3.8) is 0 Å². The molecule has 21 heavy (non-hydrogen) atoms. The number of nitrogens with zero attached hydrogens (tertiary/aromatic N) is 2. The van der Waals surface area contributed by atoms with E-state index in [-0.39, 0.29) is 20.7 Å². The van der Waals surface area contributed by atoms with E-state index in [0.717, 1.165) is 11.3 Å². The number of hydrogen-bond acceptors (Lipinski definition) is 6. The molecule has 2 heterocycles. The lowest BCUT2D eigenvalue weighted by atomic mass is 10.3. The van der Waals surface area contributed by atoms with Crippen LogP contribution < -0.4 is 4.72 Å². The summed E-state index contributed by atoms with van der Waals surface area (Å²) in [5.74, 6) is -0.613. The standard InChI is InChI=1S/C11H12ClN3O4S2/c1-6-4-20-8(11(16)19-3)7(6)14-21(17,18)10-9(12)15(2)5-13-10/h4-5,14H,1-3H3. The van der Waals surface area contributed by atoms with Gasteiger partial charge in [0, 0.05) is 7.05 Å². The van der Waals surface area contributed by atoms with Gasteiger partial charge in [-0.3, -0.25) is 4.72 Å². The van der Waals surface area contributed by atoms with Gasteiger partial charge in [0.2, 0.25) is 5.03 Å². The number of nitrogens with one attached hydrogen (secondary N) is 1. The highest BCUT2D eigenvalue weighted by Gasteiger charge is 2.26. The largest absolute Gasteiger partial charge is 0.465 e. The second-order valence-electron chi connectivity index (χ2n) is 4.17. The van der Waals surface area contributed by atoms with E-state index in [1.807, 2.05) is 0 Å². The van der Waals surface area contributed by atoms with E-state index in [9.17, 15) is 13.2 Å². The van der Waals surface area contributed by atoms with Crippen LogP contribution in [0.3, 0.4) is 0 Å². The lowest BCUT2D eigenvalue weighted by molar-refractivity contribution is 0.0607. The van der Waals surface area contributed by atoms with Gasteiger partial charge in [0.05, 0.1) is 19.1 Å². The highest BCUT2D eigenvalue weighted by atomic mass is 35.5. The lowest BCUT2D eigenvalue weighted by Crippen LogP contribution is -2.16. The minimum Gasteiger partial charge on any atom is -0.465 e. The summed E-state index contributed by atoms with van der Waals surface area (Å²) in [7, 11) is -1.19. The van der Waals surface area contributed by atoms with Crippen molar-refractivity contribution >= 4 is 44.6 Å². The molecule has 10 heteroatoms. The van der Waals surface area contributed by atoms with Crippen molar-refractivity contribution in [2.24, 2.45) is 7.05 Å². The molecule has 7 nitrogen and oxygen atoms in total. The van der Waals surface area contributed by atoms with Crippen molar-refractivity contribution < 1.29 is 17.9 Å². The fourth-order valence-corrected chi connectivity index (χ4v) is 4.13. The third-order valence-corrected chi connectivity index (χ3v) is 5.59. The van der Waals surface area contributed by atoms with Gasteiger partial charge in [-0.15, -0.1) is 11.3 Å². The van der Waals surface area contributed by atoms with Crippen molar-refractivity contribution in [2.75, 3.05) is 11.8 Å². The summed E-state index contributed by atoms with van der Waals surface area (Å²) in [6.45, 7) is 1.68. The Hall–Kier alpha value is -1.58. The number of ether oxygens (including phenoxy) is 1. The second-order valence-corrected chi connectivity index (χ2v) is 7.01. The van der Waals surface area contributed by atoms with Crippen LogP contribution in [-0.2, 0) is 21.8 Å². The highest BCUT2D eigenvalue weighted by Crippen LogP contribution is 2.31. The van der Waals surface area contributed by atoms with E-state index in [1.54, 1.807) is 19.4 Å². The third-order valence-electron chi connectivity index (χ3n) is 2.67. The van der Waals surface area contributed by atoms with Gasteiger partial charge in [-0.05, 0) is 17.9 Å². The summed E-state index contributed by atoms with van der Waals surface area (Å²) in [4.78, 5) is 15.6. The van der Waals surface area contributed by atoms with E-state index < -0.39 is 16.0 Å². The van der Waals surface area contributed by atoms with Gasteiger partial charge < -0.3 is 9.30 Å². The number of aryl methyl sites for hydroxylation is 2. The first-order chi connectivity index (χ1) is 9.77. The molecule has 0 amide bonds. The zero-order valence-corrected chi connectivity index (χ0v) is 13.8. The molecule has 2 aromatic heterocycles. The maximum absolute atomic E-state index is 12.3. The number of hydrogen-bond donors (Lipinski definition) is 1. The number of imidazole rings is 1. The van der Waals surface area contributed by atoms with Crippen molar-refractivity contribution in [1.82, 2.24) is 9.55 Å². The van der Waals surface area contributed by atoms with Crippen LogP contribution in [0.5, 0.6) is 0 Å². The first-order valence-corrected chi connectivity index (χ1v) is 8.38. The molecule has 0 atom stereocenters. The summed E-state index contributed by atoms with van der Waals surface area (Å²) in [5.41, 5.74) is 0.782. The Kier molecular flexibility index (Phi) is 4.26. The summed E-state index contributed by atoms with van der Waals surface area (Å²) in [5, 5.41) is 1.34. The molecular weight excluding hydrogens is 338 g/mol. The number of anilines is 1. The Morgan fingerprint density at radius 3 is 2.71 bits per heavy atom. The molecule has 1 N–H and O–H groups in total. The minimum absolute atomic E-state index is 0.0185. The van der Waals surface area contributed by atoms with E-state index in [0.29, 0.717) is 5.56 Å². The highest BCUT2D eigenvalue weighted by molar-refractivity contribution is 7.92. The topological polar surface area (TPSA) is 90.3 Å². The van der Waals surface area contributed by atoms with Gasteiger partial charge in [-0.1, -0.05) is 11.6 Å². The lowest BCUT2D eigenvalue weighted by Gasteiger charge is -2.08. The van der Waals surface area contributed by atoms with E-state index in [4.69, 9.17) is 11.6 Å². The maximum Gasteiger partial charge on any atom is 0.350 e. The number of carbonyl (C=O) groups excluding carboxylic acids is 1. The maximum atomic E-state index is 12.3. The summed E-state index contributed by atoms with van der Waals surface area (Å²) in [6.07, 6.45) is 1.29. The summed E-state index contributed by atoms with van der Waals surface area (Å²) in [6, 6.07) is 0. The summed E-state index contributed by atoms with van der Waals surface area (Å²) < 4.78 is 33.0. The fourth-order valence-electron chi connectivity index (χ4n) is 1.57. The first kappa shape index (κ1) is 15.8. The molecule has 0 aliphatic rings. The van der Waals surface area contributed by atoms with Crippen LogP contribution >= 0.6 is 22.9 Å². The predicted octanol–water partition coefficient (Wildman–Crippen LogP) is 2.03. The third kappa shape index (κ3) is 2.89. The van der Waals surface area contributed by atoms with Crippen molar-refractivity contribution in [3.8, 4) is 0 Å². The Labute approximate surface area is 130 Å². The van der Waals surface area contributed by atoms with Crippen LogP contribution in [0.1, 0.15) is 15.2 Å². The molecule has 0 spiro atoms. The molecule has 0 saturated heterocycles. The fraction of sp³-hybridized carbons (Fsp3) is 0.273. The molecule has 0 radical (unpaired) electrons. The van der Waals surface area contributed by atoms with Crippen LogP contribution in [0, 0.1) is 6.92 Å². The SMILES string of the molecule is COC(=O)c1scc(C)c1NS(=O)(=O)c1ncn(C)c1Cl. The molecular formula is C11H12ClN3O4S2. The monoisotopic (exact) mass is 349 g/mol. The number of rotatable bonds is 4. The van der Waals surface area contributed by atoms with Crippen LogP contribution in [0.25, 0.3) is 0 Å². The molecule has 0 saturated carbocycles. The zero-order valence-electron chi connectivity index (χ0n) is 11.4. The van der Waals surface area contributed by atoms with Gasteiger partial charge in [0.1, 0.15) is 10.0 Å². The van der Waals surface area contributed by atoms with Crippen molar-refractivity contribution in [2.45, 2.75) is 11.9 Å². The Balaban J connectivity index is 2.45. The van der Waals surface area contributed by atoms with E-state index in [1.165, 1.54) is 18.0 Å². The van der Waals surface area contributed by atoms with E-state index >= 15 is 0 Å². The summed E-state index contributed by atoms with van der Waals surface area (Å²) >= 11 is 6.99. The minimum atomic E-state index is -3.99. The molecule has 114 valence electrons. The molecule has 0 aliphatic carbocycles. The molecule has 0 bridgehead atoms. The average molecular weight is 350 g/mol. The Morgan fingerprint density at radius 2 is 2.19 bits per heavy atom. The number of carbonyl (C=O) groups is 1. The second kappa shape index (κ2) is 5.66. The first-order valence-electron chi connectivity index (χ1n) is 5.64. The van der Waals surface area contributed by atoms with Gasteiger partial charge in [0.15, 0.2) is 0 Å². The molecule has 0 aromatic carbocycles. The number of methoxy groups -OCH3 is 1. The number of halogens is 1. The quantitative estimate of drug-likeness (QED) is 0.853. The van der Waals surface area contributed by atoms with Crippen molar-refractivity contribution in [1.29, 1.82) is 0 Å². The number of aromatic nitrogens is 2. The number of sulfonamides is 1. The van der Waals surface area contributed by atoms with Gasteiger partial charge in [0.25, 0.3) is 10.0 Å². The number of thiophene rings is 1. The Bertz CT molecular complexity index is 794. The molecule has 2 rings (SSSR count). The van der Waals surface area contributed by atoms with Gasteiger partial charge >= 0.3 is 5.97 Å². The molecule has 0 fully saturated rings. The van der Waals surface area contributed by atoms with Crippen LogP contribution in [0.15, 0.2) is 16.7 Å². The number of esters is 1. The van der Waals surface area contributed by atoms with Gasteiger partial charge in [-0.2, -0.15) is 8.42 Å². The Morgan fingerprint density at radius 1 is 1.52 bits per heavy atom. The molecule has 2 aromatic rings. The van der Waals surface area contributed by atoms with Crippen LogP contribution in [0.4, 0.5) is 5.69 Å². The smallest absolute Gasteiger partial charge is 0.350 e. The normalized spacial score (nSPS) is 11.4. The predicted molar refractivity (Wildman–Crippen MR) is 79.4 cm³/mol. The van der Waals surface area contributed by atoms with Crippen molar-refractivity contribution in [3.05, 3.63) is 27.3 Å². The zero-order chi connectivity index (χ0) is 15.8. The van der Waals surface area contributed by atoms with Crippen LogP contribution in [0.2, 0.25) is 5.15 Å². The average Bonchev–Trinajstić information content (AvgIpc) is 2.94. The van der Waals surface area contributed by atoms with Gasteiger partial charge in [-0.25, -0.2) is 9.78 Å². The van der Waals surface area contributed by atoms with Crippen LogP contribution in [-0.4, -0.2) is 31.0 Å². The molecule has 0 unspecified atom stereocenters. The molecule has 0 aliphatic heterocycles. The van der Waals surface area contributed by atoms with E-state index in [2.05, 4.69) is 14.4 Å².